The maximum absolute atomic E-state index is 11.2. The molecule has 0 spiro atoms. The molecule has 0 N–H and O–H groups in total. The molecule has 0 amide bonds. The van der Waals surface area contributed by atoms with Gasteiger partial charge in [-0.05, 0) is 19.8 Å². The molecule has 0 aliphatic rings. The van der Waals surface area contributed by atoms with Gasteiger partial charge in [-0.25, -0.2) is 0 Å². The summed E-state index contributed by atoms with van der Waals surface area (Å²) >= 11 is 0. The molecule has 2 unspecified atom stereocenters. The Morgan fingerprint density at radius 1 is 1.50 bits per heavy atom. The molecule has 0 fully saturated rings. The molecule has 0 aromatic carbocycles. The minimum atomic E-state index is -0.264. The van der Waals surface area contributed by atoms with Crippen LogP contribution in [0.5, 0.6) is 0 Å². The Hall–Kier alpha value is -1.12. The standard InChI is InChI=1S/C11H18O3/c1-5-6-10(9(3)12)7-8(2)11(13)14-4/h5,8,10H,1,6-7H2,2-4H3. The van der Waals surface area contributed by atoms with E-state index in [2.05, 4.69) is 11.3 Å². The van der Waals surface area contributed by atoms with Crippen LogP contribution in [0.15, 0.2) is 12.7 Å². The molecular formula is C11H18O3. The Kier molecular flexibility index (Phi) is 5.84. The Balaban J connectivity index is 4.21. The van der Waals surface area contributed by atoms with Crippen molar-refractivity contribution in [3.8, 4) is 0 Å². The molecule has 0 saturated heterocycles. The van der Waals surface area contributed by atoms with E-state index in [0.717, 1.165) is 0 Å². The summed E-state index contributed by atoms with van der Waals surface area (Å²) in [7, 11) is 1.36. The fourth-order valence-electron chi connectivity index (χ4n) is 1.35. The van der Waals surface area contributed by atoms with E-state index in [4.69, 9.17) is 0 Å². The summed E-state index contributed by atoms with van der Waals surface area (Å²) in [4.78, 5) is 22.3. The first-order valence-electron chi connectivity index (χ1n) is 4.72. The molecule has 0 rings (SSSR count). The average Bonchev–Trinajstić information content (AvgIpc) is 2.15. The summed E-state index contributed by atoms with van der Waals surface area (Å²) < 4.78 is 4.59. The van der Waals surface area contributed by atoms with Gasteiger partial charge in [0, 0.05) is 5.92 Å². The van der Waals surface area contributed by atoms with Crippen LogP contribution in [-0.2, 0) is 14.3 Å². The van der Waals surface area contributed by atoms with Gasteiger partial charge in [-0.2, -0.15) is 0 Å². The predicted molar refractivity (Wildman–Crippen MR) is 54.8 cm³/mol. The van der Waals surface area contributed by atoms with Crippen LogP contribution in [0.3, 0.4) is 0 Å². The van der Waals surface area contributed by atoms with E-state index in [1.54, 1.807) is 13.0 Å². The van der Waals surface area contributed by atoms with E-state index in [9.17, 15) is 9.59 Å². The van der Waals surface area contributed by atoms with Crippen molar-refractivity contribution in [2.45, 2.75) is 26.7 Å². The minimum Gasteiger partial charge on any atom is -0.469 e. The Morgan fingerprint density at radius 2 is 2.07 bits per heavy atom. The summed E-state index contributed by atoms with van der Waals surface area (Å²) in [6, 6.07) is 0. The van der Waals surface area contributed by atoms with Crippen LogP contribution in [0, 0.1) is 11.8 Å². The zero-order chi connectivity index (χ0) is 11.1. The predicted octanol–water partition coefficient (Wildman–Crippen LogP) is 1.97. The number of esters is 1. The molecule has 0 saturated carbocycles. The molecule has 3 heteroatoms. The second-order valence-corrected chi connectivity index (χ2v) is 3.49. The first kappa shape index (κ1) is 12.9. The summed E-state index contributed by atoms with van der Waals surface area (Å²) in [5.74, 6) is -0.503. The molecule has 80 valence electrons. The number of hydrogen-bond acceptors (Lipinski definition) is 3. The molecule has 0 radical (unpaired) electrons. The van der Waals surface area contributed by atoms with Crippen molar-refractivity contribution in [1.82, 2.24) is 0 Å². The number of ketones is 1. The molecule has 14 heavy (non-hydrogen) atoms. The first-order valence-corrected chi connectivity index (χ1v) is 4.72. The fraction of sp³-hybridized carbons (Fsp3) is 0.636. The largest absolute Gasteiger partial charge is 0.469 e. The van der Waals surface area contributed by atoms with Gasteiger partial charge >= 0.3 is 5.97 Å². The van der Waals surface area contributed by atoms with E-state index in [1.165, 1.54) is 14.0 Å². The molecule has 0 aromatic heterocycles. The summed E-state index contributed by atoms with van der Waals surface area (Å²) in [5, 5.41) is 0. The van der Waals surface area contributed by atoms with Crippen molar-refractivity contribution in [1.29, 1.82) is 0 Å². The third kappa shape index (κ3) is 4.21. The molecule has 0 aliphatic carbocycles. The van der Waals surface area contributed by atoms with Gasteiger partial charge in [0.2, 0.25) is 0 Å². The van der Waals surface area contributed by atoms with Crippen molar-refractivity contribution in [3.05, 3.63) is 12.7 Å². The second kappa shape index (κ2) is 6.35. The van der Waals surface area contributed by atoms with Crippen LogP contribution >= 0.6 is 0 Å². The van der Waals surface area contributed by atoms with Crippen molar-refractivity contribution < 1.29 is 14.3 Å². The van der Waals surface area contributed by atoms with Gasteiger partial charge < -0.3 is 4.74 Å². The fourth-order valence-corrected chi connectivity index (χ4v) is 1.35. The highest BCUT2D eigenvalue weighted by Gasteiger charge is 2.21. The van der Waals surface area contributed by atoms with Gasteiger partial charge in [-0.3, -0.25) is 9.59 Å². The van der Waals surface area contributed by atoms with Crippen LogP contribution < -0.4 is 0 Å². The third-order valence-electron chi connectivity index (χ3n) is 2.27. The van der Waals surface area contributed by atoms with Crippen LogP contribution in [0.25, 0.3) is 0 Å². The number of ether oxygens (including phenoxy) is 1. The number of methoxy groups -OCH3 is 1. The second-order valence-electron chi connectivity index (χ2n) is 3.49. The van der Waals surface area contributed by atoms with E-state index in [0.29, 0.717) is 12.8 Å². The molecule has 0 aromatic rings. The zero-order valence-corrected chi connectivity index (χ0v) is 9.08. The van der Waals surface area contributed by atoms with Gasteiger partial charge in [0.25, 0.3) is 0 Å². The maximum Gasteiger partial charge on any atom is 0.308 e. The van der Waals surface area contributed by atoms with Gasteiger partial charge in [0.05, 0.1) is 13.0 Å². The minimum absolute atomic E-state index is 0.0978. The van der Waals surface area contributed by atoms with Gasteiger partial charge in [-0.1, -0.05) is 13.0 Å². The van der Waals surface area contributed by atoms with Gasteiger partial charge in [0.1, 0.15) is 5.78 Å². The van der Waals surface area contributed by atoms with E-state index < -0.39 is 0 Å². The van der Waals surface area contributed by atoms with Gasteiger partial charge in [-0.15, -0.1) is 6.58 Å². The lowest BCUT2D eigenvalue weighted by atomic mass is 9.90. The van der Waals surface area contributed by atoms with Crippen molar-refractivity contribution in [2.24, 2.45) is 11.8 Å². The van der Waals surface area contributed by atoms with Crippen molar-refractivity contribution in [2.75, 3.05) is 7.11 Å². The molecular weight excluding hydrogens is 180 g/mol. The summed E-state index contributed by atoms with van der Waals surface area (Å²) in [6.07, 6.45) is 2.86. The normalized spacial score (nSPS) is 14.2. The number of hydrogen-bond donors (Lipinski definition) is 0. The molecule has 2 atom stereocenters. The van der Waals surface area contributed by atoms with E-state index >= 15 is 0 Å². The molecule has 0 bridgehead atoms. The van der Waals surface area contributed by atoms with Crippen LogP contribution in [0.2, 0.25) is 0 Å². The van der Waals surface area contributed by atoms with Gasteiger partial charge in [0.15, 0.2) is 0 Å². The molecule has 0 heterocycles. The lowest BCUT2D eigenvalue weighted by Gasteiger charge is -2.15. The smallest absolute Gasteiger partial charge is 0.308 e. The first-order chi connectivity index (χ1) is 6.52. The number of rotatable bonds is 6. The van der Waals surface area contributed by atoms with Crippen LogP contribution in [0.4, 0.5) is 0 Å². The van der Waals surface area contributed by atoms with Crippen molar-refractivity contribution in [3.63, 3.8) is 0 Å². The lowest BCUT2D eigenvalue weighted by molar-refractivity contribution is -0.145. The SMILES string of the molecule is C=CCC(CC(C)C(=O)OC)C(C)=O. The Morgan fingerprint density at radius 3 is 2.43 bits per heavy atom. The number of carbonyl (C=O) groups is 2. The highest BCUT2D eigenvalue weighted by molar-refractivity contribution is 5.79. The van der Waals surface area contributed by atoms with Crippen LogP contribution in [0.1, 0.15) is 26.7 Å². The highest BCUT2D eigenvalue weighted by Crippen LogP contribution is 2.18. The monoisotopic (exact) mass is 198 g/mol. The average molecular weight is 198 g/mol. The molecule has 3 nitrogen and oxygen atoms in total. The Labute approximate surface area is 85.1 Å². The summed E-state index contributed by atoms with van der Waals surface area (Å²) in [6.45, 7) is 6.90. The topological polar surface area (TPSA) is 43.4 Å². The Bertz CT molecular complexity index is 221. The highest BCUT2D eigenvalue weighted by atomic mass is 16.5. The zero-order valence-electron chi connectivity index (χ0n) is 9.08. The molecule has 0 aliphatic heterocycles. The van der Waals surface area contributed by atoms with Crippen LogP contribution in [-0.4, -0.2) is 18.9 Å². The maximum atomic E-state index is 11.2. The lowest BCUT2D eigenvalue weighted by Crippen LogP contribution is -2.20. The quantitative estimate of drug-likeness (QED) is 0.484. The number of allylic oxidation sites excluding steroid dienone is 1. The van der Waals surface area contributed by atoms with Crippen molar-refractivity contribution >= 4 is 11.8 Å². The third-order valence-corrected chi connectivity index (χ3v) is 2.27. The number of Topliss-reactive ketones (excluding diaryl/α,β-unsaturated/α-hetero) is 1. The van der Waals surface area contributed by atoms with E-state index in [1.807, 2.05) is 0 Å². The number of carbonyl (C=O) groups excluding carboxylic acids is 2. The van der Waals surface area contributed by atoms with E-state index in [-0.39, 0.29) is 23.6 Å². The summed E-state index contributed by atoms with van der Waals surface area (Å²) in [5.41, 5.74) is 0.